The maximum atomic E-state index is 10.3. The molecule has 1 aromatic rings. The predicted octanol–water partition coefficient (Wildman–Crippen LogP) is 3.78. The molecule has 0 fully saturated rings. The predicted molar refractivity (Wildman–Crippen MR) is 62.5 cm³/mol. The largest absolute Gasteiger partial charge is 0.481 e. The van der Waals surface area contributed by atoms with Gasteiger partial charge < -0.3 is 5.11 Å². The molecule has 0 amide bonds. The minimum absolute atomic E-state index is 0.198. The van der Waals surface area contributed by atoms with Crippen LogP contribution in [0.5, 0.6) is 0 Å². The summed E-state index contributed by atoms with van der Waals surface area (Å²) in [5.74, 6) is -0.749. The van der Waals surface area contributed by atoms with Crippen molar-refractivity contribution in [3.8, 4) is 0 Å². The van der Waals surface area contributed by atoms with Crippen molar-refractivity contribution in [3.63, 3.8) is 0 Å². The molecule has 14 heavy (non-hydrogen) atoms. The summed E-state index contributed by atoms with van der Waals surface area (Å²) >= 11 is 5.04. The Morgan fingerprint density at radius 2 is 2.36 bits per heavy atom. The van der Waals surface area contributed by atoms with E-state index < -0.39 is 5.97 Å². The molecule has 0 aliphatic rings. The Bertz CT molecular complexity index is 355. The fourth-order valence-electron chi connectivity index (χ4n) is 1.04. The maximum absolute atomic E-state index is 10.3. The van der Waals surface area contributed by atoms with E-state index in [2.05, 4.69) is 15.9 Å². The van der Waals surface area contributed by atoms with Gasteiger partial charge >= 0.3 is 5.97 Å². The summed E-state index contributed by atoms with van der Waals surface area (Å²) in [5.41, 5.74) is 1.14. The quantitative estimate of drug-likeness (QED) is 0.908. The van der Waals surface area contributed by atoms with Gasteiger partial charge in [0.1, 0.15) is 0 Å². The van der Waals surface area contributed by atoms with Gasteiger partial charge in [-0.15, -0.1) is 11.3 Å². The van der Waals surface area contributed by atoms with Gasteiger partial charge in [0.05, 0.1) is 3.79 Å². The molecule has 0 bridgehead atoms. The lowest BCUT2D eigenvalue weighted by Gasteiger charge is -1.95. The summed E-state index contributed by atoms with van der Waals surface area (Å²) in [4.78, 5) is 11.5. The summed E-state index contributed by atoms with van der Waals surface area (Å²) in [7, 11) is 0. The van der Waals surface area contributed by atoms with Crippen molar-refractivity contribution in [2.24, 2.45) is 0 Å². The van der Waals surface area contributed by atoms with E-state index in [4.69, 9.17) is 5.11 Å². The number of carboxylic acids is 1. The van der Waals surface area contributed by atoms with Gasteiger partial charge in [-0.1, -0.05) is 6.08 Å². The third-order valence-corrected chi connectivity index (χ3v) is 3.53. The normalized spacial score (nSPS) is 11.7. The van der Waals surface area contributed by atoms with E-state index >= 15 is 0 Å². The van der Waals surface area contributed by atoms with E-state index in [9.17, 15) is 4.79 Å². The third-order valence-electron chi connectivity index (χ3n) is 1.77. The third kappa shape index (κ3) is 3.64. The molecule has 0 aliphatic carbocycles. The van der Waals surface area contributed by atoms with Crippen LogP contribution in [0.1, 0.15) is 24.6 Å². The molecule has 1 N–H and O–H groups in total. The van der Waals surface area contributed by atoms with Crippen LogP contribution in [0.4, 0.5) is 0 Å². The molecule has 1 rings (SSSR count). The van der Waals surface area contributed by atoms with Gasteiger partial charge in [-0.25, -0.2) is 0 Å². The van der Waals surface area contributed by atoms with E-state index in [0.717, 1.165) is 9.36 Å². The second kappa shape index (κ2) is 5.32. The first kappa shape index (κ1) is 11.5. The first-order chi connectivity index (χ1) is 6.59. The lowest BCUT2D eigenvalue weighted by Crippen LogP contribution is -1.91. The molecule has 0 spiro atoms. The first-order valence-corrected chi connectivity index (χ1v) is 5.85. The topological polar surface area (TPSA) is 37.3 Å². The SMILES string of the molecule is C/C(=C\CCC(=O)O)c1ccc(Br)s1. The number of thiophene rings is 1. The van der Waals surface area contributed by atoms with Crippen molar-refractivity contribution in [1.29, 1.82) is 0 Å². The van der Waals surface area contributed by atoms with Crippen LogP contribution in [0.3, 0.4) is 0 Å². The highest BCUT2D eigenvalue weighted by Gasteiger charge is 2.00. The average Bonchev–Trinajstić information content (AvgIpc) is 2.51. The molecular weight excluding hydrogens is 264 g/mol. The van der Waals surface area contributed by atoms with Crippen molar-refractivity contribution < 1.29 is 9.90 Å². The number of carboxylic acid groups (broad SMARTS) is 1. The maximum Gasteiger partial charge on any atom is 0.303 e. The van der Waals surface area contributed by atoms with Gasteiger partial charge in [-0.3, -0.25) is 4.79 Å². The van der Waals surface area contributed by atoms with Crippen LogP contribution < -0.4 is 0 Å². The highest BCUT2D eigenvalue weighted by Crippen LogP contribution is 2.27. The van der Waals surface area contributed by atoms with Gasteiger partial charge in [0, 0.05) is 11.3 Å². The van der Waals surface area contributed by atoms with Gasteiger partial charge in [0.2, 0.25) is 0 Å². The monoisotopic (exact) mass is 274 g/mol. The molecule has 1 heterocycles. The van der Waals surface area contributed by atoms with Crippen LogP contribution in [0.15, 0.2) is 22.0 Å². The zero-order valence-corrected chi connectivity index (χ0v) is 10.2. The smallest absolute Gasteiger partial charge is 0.303 e. The lowest BCUT2D eigenvalue weighted by atomic mass is 10.2. The van der Waals surface area contributed by atoms with Crippen molar-refractivity contribution in [3.05, 3.63) is 26.9 Å². The summed E-state index contributed by atoms with van der Waals surface area (Å²) in [6.07, 6.45) is 2.76. The van der Waals surface area contributed by atoms with Crippen molar-refractivity contribution in [2.75, 3.05) is 0 Å². The van der Waals surface area contributed by atoms with Crippen LogP contribution >= 0.6 is 27.3 Å². The van der Waals surface area contributed by atoms with E-state index in [-0.39, 0.29) is 6.42 Å². The number of aliphatic carboxylic acids is 1. The summed E-state index contributed by atoms with van der Waals surface area (Å²) in [6, 6.07) is 4.02. The highest BCUT2D eigenvalue weighted by atomic mass is 79.9. The number of hydrogen-bond acceptors (Lipinski definition) is 2. The summed E-state index contributed by atoms with van der Waals surface area (Å²) < 4.78 is 1.10. The van der Waals surface area contributed by atoms with E-state index in [1.165, 1.54) is 4.88 Å². The molecule has 0 saturated heterocycles. The Kier molecular flexibility index (Phi) is 4.35. The highest BCUT2D eigenvalue weighted by molar-refractivity contribution is 9.11. The Morgan fingerprint density at radius 1 is 1.64 bits per heavy atom. The second-order valence-electron chi connectivity index (χ2n) is 2.92. The Balaban J connectivity index is 2.56. The first-order valence-electron chi connectivity index (χ1n) is 4.24. The Morgan fingerprint density at radius 3 is 2.86 bits per heavy atom. The lowest BCUT2D eigenvalue weighted by molar-refractivity contribution is -0.136. The van der Waals surface area contributed by atoms with Gasteiger partial charge in [-0.2, -0.15) is 0 Å². The van der Waals surface area contributed by atoms with Gasteiger partial charge in [-0.05, 0) is 47.0 Å². The van der Waals surface area contributed by atoms with Crippen LogP contribution in [-0.2, 0) is 4.79 Å². The molecule has 0 unspecified atom stereocenters. The molecule has 0 saturated carbocycles. The molecule has 0 aliphatic heterocycles. The standard InChI is InChI=1S/C10H11BrO2S/c1-7(3-2-4-10(12)13)8-5-6-9(11)14-8/h3,5-6H,2,4H2,1H3,(H,12,13)/b7-3+. The number of rotatable bonds is 4. The molecule has 0 atom stereocenters. The summed E-state index contributed by atoms with van der Waals surface area (Å²) in [5, 5.41) is 8.47. The minimum atomic E-state index is -0.749. The van der Waals surface area contributed by atoms with Crippen LogP contribution in [0, 0.1) is 0 Å². The fourth-order valence-corrected chi connectivity index (χ4v) is 2.42. The Hall–Kier alpha value is -0.610. The number of halogens is 1. The van der Waals surface area contributed by atoms with Crippen molar-refractivity contribution in [1.82, 2.24) is 0 Å². The van der Waals surface area contributed by atoms with Crippen LogP contribution in [0.25, 0.3) is 5.57 Å². The van der Waals surface area contributed by atoms with Crippen LogP contribution in [-0.4, -0.2) is 11.1 Å². The number of allylic oxidation sites excluding steroid dienone is 2. The molecule has 0 radical (unpaired) electrons. The van der Waals surface area contributed by atoms with Crippen molar-refractivity contribution in [2.45, 2.75) is 19.8 Å². The molecule has 4 heteroatoms. The molecular formula is C10H11BrO2S. The zero-order valence-electron chi connectivity index (χ0n) is 7.79. The second-order valence-corrected chi connectivity index (χ2v) is 5.39. The van der Waals surface area contributed by atoms with Gasteiger partial charge in [0.25, 0.3) is 0 Å². The number of hydrogen-bond donors (Lipinski definition) is 1. The molecule has 1 aromatic heterocycles. The van der Waals surface area contributed by atoms with Crippen molar-refractivity contribution >= 4 is 38.8 Å². The van der Waals surface area contributed by atoms with E-state index in [0.29, 0.717) is 6.42 Å². The zero-order chi connectivity index (χ0) is 10.6. The Labute approximate surface area is 95.4 Å². The average molecular weight is 275 g/mol. The number of carbonyl (C=O) groups is 1. The molecule has 0 aromatic carbocycles. The fraction of sp³-hybridized carbons (Fsp3) is 0.300. The molecule has 2 nitrogen and oxygen atoms in total. The van der Waals surface area contributed by atoms with E-state index in [1.54, 1.807) is 11.3 Å². The minimum Gasteiger partial charge on any atom is -0.481 e. The van der Waals surface area contributed by atoms with Crippen LogP contribution in [0.2, 0.25) is 0 Å². The van der Waals surface area contributed by atoms with Gasteiger partial charge in [0.15, 0.2) is 0 Å². The summed E-state index contributed by atoms with van der Waals surface area (Å²) in [6.45, 7) is 2.00. The molecule has 76 valence electrons. The van der Waals surface area contributed by atoms with E-state index in [1.807, 2.05) is 25.1 Å².